The first kappa shape index (κ1) is 8.68. The average Bonchev–Trinajstić information content (AvgIpc) is 1.91. The molecule has 0 radical (unpaired) electrons. The van der Waals surface area contributed by atoms with Gasteiger partial charge in [-0.15, -0.1) is 13.2 Å². The zero-order chi connectivity index (χ0) is 7.98. The number of carbonyl (C=O) groups excluding carboxylic acids is 2. The van der Waals surface area contributed by atoms with E-state index in [4.69, 9.17) is 0 Å². The second-order valence-electron chi connectivity index (χ2n) is 1.33. The van der Waals surface area contributed by atoms with Gasteiger partial charge in [0.25, 0.3) is 0 Å². The summed E-state index contributed by atoms with van der Waals surface area (Å²) in [6.07, 6.45) is -0.250. The molecule has 0 saturated carbocycles. The van der Waals surface area contributed by atoms with Crippen LogP contribution >= 0.6 is 0 Å². The summed E-state index contributed by atoms with van der Waals surface area (Å²) >= 11 is 0. The van der Waals surface area contributed by atoms with Gasteiger partial charge in [-0.2, -0.15) is 0 Å². The molecule has 4 heteroatoms. The summed E-state index contributed by atoms with van der Waals surface area (Å²) in [5.74, 6) is -1.03. The quantitative estimate of drug-likeness (QED) is 0.277. The Morgan fingerprint density at radius 3 is 1.70 bits per heavy atom. The molecule has 0 aliphatic carbocycles. The van der Waals surface area contributed by atoms with E-state index in [0.29, 0.717) is 0 Å². The van der Waals surface area contributed by atoms with Gasteiger partial charge in [-0.3, -0.25) is 9.59 Å². The van der Waals surface area contributed by atoms with Crippen LogP contribution in [0.15, 0.2) is 13.2 Å². The predicted molar refractivity (Wildman–Crippen MR) is 32.9 cm³/mol. The lowest BCUT2D eigenvalue weighted by atomic mass is 10.4. The maximum Gasteiger partial charge on any atom is 0.320 e. The Hall–Kier alpha value is -1.32. The summed E-state index contributed by atoms with van der Waals surface area (Å²) in [6, 6.07) is 0. The first-order valence-electron chi connectivity index (χ1n) is 2.60. The van der Waals surface area contributed by atoms with Crippen LogP contribution in [0.5, 0.6) is 0 Å². The van der Waals surface area contributed by atoms with Crippen LogP contribution in [0.4, 0.5) is 0 Å². The molecule has 1 aliphatic heterocycles. The number of ether oxygens (including phenoxy) is 2. The summed E-state index contributed by atoms with van der Waals surface area (Å²) < 4.78 is 8.53. The second kappa shape index (κ2) is 4.55. The van der Waals surface area contributed by atoms with E-state index in [1.165, 1.54) is 0 Å². The number of hydrogen-bond acceptors (Lipinski definition) is 4. The van der Waals surface area contributed by atoms with Crippen molar-refractivity contribution in [3.63, 3.8) is 0 Å². The minimum atomic E-state index is -0.513. The molecule has 0 aromatic heterocycles. The van der Waals surface area contributed by atoms with Crippen LogP contribution in [0, 0.1) is 0 Å². The first-order valence-corrected chi connectivity index (χ1v) is 2.60. The van der Waals surface area contributed by atoms with Gasteiger partial charge in [0.05, 0.1) is 0 Å². The number of cyclic esters (lactones) is 2. The number of hydrogen-bond donors (Lipinski definition) is 0. The van der Waals surface area contributed by atoms with Crippen LogP contribution in [-0.2, 0) is 19.1 Å². The largest absolute Gasteiger partial charge is 0.427 e. The molecule has 0 aromatic rings. The Bertz CT molecular complexity index is 127. The van der Waals surface area contributed by atoms with E-state index in [9.17, 15) is 9.59 Å². The minimum absolute atomic E-state index is 0.225. The SMILES string of the molecule is C=C.O=C1CC(=O)OCO1. The molecule has 0 bridgehead atoms. The summed E-state index contributed by atoms with van der Waals surface area (Å²) in [4.78, 5) is 20.3. The fraction of sp³-hybridized carbons (Fsp3) is 0.333. The zero-order valence-electron chi connectivity index (χ0n) is 5.46. The lowest BCUT2D eigenvalue weighted by Crippen LogP contribution is -2.22. The lowest BCUT2D eigenvalue weighted by Gasteiger charge is -2.09. The fourth-order valence-electron chi connectivity index (χ4n) is 0.381. The topological polar surface area (TPSA) is 52.6 Å². The molecule has 10 heavy (non-hydrogen) atoms. The lowest BCUT2D eigenvalue weighted by molar-refractivity contribution is -0.181. The average molecular weight is 144 g/mol. The van der Waals surface area contributed by atoms with Crippen LogP contribution < -0.4 is 0 Å². The van der Waals surface area contributed by atoms with Crippen molar-refractivity contribution in [3.8, 4) is 0 Å². The third kappa shape index (κ3) is 2.86. The van der Waals surface area contributed by atoms with E-state index in [1.54, 1.807) is 0 Å². The monoisotopic (exact) mass is 144 g/mol. The second-order valence-corrected chi connectivity index (χ2v) is 1.33. The van der Waals surface area contributed by atoms with E-state index in [1.807, 2.05) is 0 Å². The Morgan fingerprint density at radius 1 is 1.10 bits per heavy atom. The molecule has 0 N–H and O–H groups in total. The highest BCUT2D eigenvalue weighted by Gasteiger charge is 2.17. The van der Waals surface area contributed by atoms with Gasteiger partial charge >= 0.3 is 11.9 Å². The molecule has 4 nitrogen and oxygen atoms in total. The van der Waals surface area contributed by atoms with E-state index in [2.05, 4.69) is 22.6 Å². The van der Waals surface area contributed by atoms with Crippen LogP contribution in [-0.4, -0.2) is 18.7 Å². The van der Waals surface area contributed by atoms with Gasteiger partial charge in [0.15, 0.2) is 0 Å². The molecule has 1 heterocycles. The molecule has 1 fully saturated rings. The molecule has 1 aliphatic rings. The summed E-state index contributed by atoms with van der Waals surface area (Å²) in [5.41, 5.74) is 0. The van der Waals surface area contributed by atoms with E-state index in [-0.39, 0.29) is 13.2 Å². The van der Waals surface area contributed by atoms with Gasteiger partial charge in [0, 0.05) is 0 Å². The van der Waals surface area contributed by atoms with E-state index >= 15 is 0 Å². The Balaban J connectivity index is 0.000000371. The predicted octanol–water partition coefficient (Wildman–Crippen LogP) is 0.236. The number of esters is 2. The third-order valence-corrected chi connectivity index (χ3v) is 0.729. The van der Waals surface area contributed by atoms with Crippen molar-refractivity contribution in [2.75, 3.05) is 6.79 Å². The van der Waals surface area contributed by atoms with Crippen molar-refractivity contribution in [2.24, 2.45) is 0 Å². The van der Waals surface area contributed by atoms with Crippen molar-refractivity contribution in [3.05, 3.63) is 13.2 Å². The van der Waals surface area contributed by atoms with Crippen molar-refractivity contribution >= 4 is 11.9 Å². The molecular formula is C6H8O4. The van der Waals surface area contributed by atoms with Crippen molar-refractivity contribution in [1.82, 2.24) is 0 Å². The van der Waals surface area contributed by atoms with Gasteiger partial charge < -0.3 is 9.47 Å². The van der Waals surface area contributed by atoms with Crippen LogP contribution in [0.1, 0.15) is 6.42 Å². The van der Waals surface area contributed by atoms with Crippen molar-refractivity contribution < 1.29 is 19.1 Å². The molecule has 1 saturated heterocycles. The Morgan fingerprint density at radius 2 is 1.50 bits per heavy atom. The molecular weight excluding hydrogens is 136 g/mol. The van der Waals surface area contributed by atoms with Gasteiger partial charge in [-0.1, -0.05) is 0 Å². The summed E-state index contributed by atoms with van der Waals surface area (Å²) in [6.45, 7) is 5.78. The highest BCUT2D eigenvalue weighted by Crippen LogP contribution is 1.97. The third-order valence-electron chi connectivity index (χ3n) is 0.729. The normalized spacial score (nSPS) is 16.0. The van der Waals surface area contributed by atoms with E-state index in [0.717, 1.165) is 0 Å². The highest BCUT2D eigenvalue weighted by molar-refractivity contribution is 5.92. The van der Waals surface area contributed by atoms with E-state index < -0.39 is 11.9 Å². The van der Waals surface area contributed by atoms with Gasteiger partial charge in [0.1, 0.15) is 6.42 Å². The van der Waals surface area contributed by atoms with Crippen LogP contribution in [0.3, 0.4) is 0 Å². The number of carbonyl (C=O) groups is 2. The molecule has 0 unspecified atom stereocenters. The van der Waals surface area contributed by atoms with Crippen LogP contribution in [0.2, 0.25) is 0 Å². The van der Waals surface area contributed by atoms with Crippen LogP contribution in [0.25, 0.3) is 0 Å². The molecule has 56 valence electrons. The van der Waals surface area contributed by atoms with Gasteiger partial charge in [-0.05, 0) is 0 Å². The maximum absolute atomic E-state index is 10.2. The molecule has 0 atom stereocenters. The summed E-state index contributed by atoms with van der Waals surface area (Å²) in [5, 5.41) is 0. The fourth-order valence-corrected chi connectivity index (χ4v) is 0.381. The maximum atomic E-state index is 10.2. The molecule has 0 amide bonds. The number of rotatable bonds is 0. The minimum Gasteiger partial charge on any atom is -0.427 e. The standard InChI is InChI=1S/C4H4O4.C2H4/c5-3-1-4(6)8-2-7-3;1-2/h1-2H2;1-2H2. The molecule has 0 spiro atoms. The van der Waals surface area contributed by atoms with Crippen molar-refractivity contribution in [1.29, 1.82) is 0 Å². The zero-order valence-corrected chi connectivity index (χ0v) is 5.46. The van der Waals surface area contributed by atoms with Gasteiger partial charge in [-0.25, -0.2) is 0 Å². The van der Waals surface area contributed by atoms with Gasteiger partial charge in [0.2, 0.25) is 6.79 Å². The van der Waals surface area contributed by atoms with Crippen molar-refractivity contribution in [2.45, 2.75) is 6.42 Å². The highest BCUT2D eigenvalue weighted by atomic mass is 16.7. The first-order chi connectivity index (χ1) is 4.79. The Kier molecular flexibility index (Phi) is 3.95. The Labute approximate surface area is 58.4 Å². The summed E-state index contributed by atoms with van der Waals surface area (Å²) in [7, 11) is 0. The molecule has 1 rings (SSSR count). The molecule has 0 aromatic carbocycles. The smallest absolute Gasteiger partial charge is 0.320 e.